The normalized spacial score (nSPS) is 10.6. The van der Waals surface area contributed by atoms with E-state index in [-0.39, 0.29) is 17.0 Å². The van der Waals surface area contributed by atoms with E-state index < -0.39 is 4.92 Å². The fraction of sp³-hybridized carbons (Fsp3) is 0.211. The van der Waals surface area contributed by atoms with E-state index in [2.05, 4.69) is 0 Å². The average Bonchev–Trinajstić information content (AvgIpc) is 2.65. The smallest absolute Gasteiger partial charge is 0.273 e. The van der Waals surface area contributed by atoms with Crippen molar-refractivity contribution in [2.45, 2.75) is 6.92 Å². The molecule has 0 amide bonds. The average molecular weight is 357 g/mol. The number of nitrogens with zero attached hydrogens (tertiary/aromatic N) is 1. The molecule has 7 nitrogen and oxygen atoms in total. The van der Waals surface area contributed by atoms with E-state index >= 15 is 0 Å². The van der Waals surface area contributed by atoms with Gasteiger partial charge in [-0.3, -0.25) is 14.9 Å². The minimum atomic E-state index is -0.507. The van der Waals surface area contributed by atoms with Crippen LogP contribution in [0.1, 0.15) is 21.5 Å². The lowest BCUT2D eigenvalue weighted by molar-refractivity contribution is -0.385. The molecule has 0 bridgehead atoms. The zero-order chi connectivity index (χ0) is 19.3. The van der Waals surface area contributed by atoms with Gasteiger partial charge in [0.25, 0.3) is 5.69 Å². The second-order valence-electron chi connectivity index (χ2n) is 5.41. The van der Waals surface area contributed by atoms with E-state index in [0.717, 1.165) is 0 Å². The van der Waals surface area contributed by atoms with Crippen LogP contribution in [0.2, 0.25) is 0 Å². The number of carbonyl (C=O) groups is 1. The molecule has 0 aliphatic rings. The molecule has 0 aliphatic heterocycles. The molecule has 0 atom stereocenters. The topological polar surface area (TPSA) is 87.9 Å². The quantitative estimate of drug-likeness (QED) is 0.324. The molecule has 2 aromatic carbocycles. The third-order valence-corrected chi connectivity index (χ3v) is 3.84. The molecule has 0 spiro atoms. The van der Waals surface area contributed by atoms with Gasteiger partial charge in [-0.1, -0.05) is 12.1 Å². The van der Waals surface area contributed by atoms with E-state index in [1.165, 1.54) is 33.5 Å². The van der Waals surface area contributed by atoms with Crippen LogP contribution in [-0.4, -0.2) is 32.0 Å². The zero-order valence-electron chi connectivity index (χ0n) is 14.9. The first-order valence-electron chi connectivity index (χ1n) is 7.68. The van der Waals surface area contributed by atoms with Gasteiger partial charge in [0.2, 0.25) is 0 Å². The highest BCUT2D eigenvalue weighted by molar-refractivity contribution is 6.07. The van der Waals surface area contributed by atoms with Crippen LogP contribution in [-0.2, 0) is 0 Å². The summed E-state index contributed by atoms with van der Waals surface area (Å²) in [5, 5.41) is 11.0. The zero-order valence-corrected chi connectivity index (χ0v) is 14.9. The number of carbonyl (C=O) groups excluding carboxylic acids is 1. The van der Waals surface area contributed by atoms with Crippen molar-refractivity contribution in [2.24, 2.45) is 0 Å². The number of aryl methyl sites for hydroxylation is 1. The summed E-state index contributed by atoms with van der Waals surface area (Å²) in [6.07, 6.45) is 2.90. The third-order valence-electron chi connectivity index (χ3n) is 3.84. The Balaban J connectivity index is 2.36. The van der Waals surface area contributed by atoms with Crippen molar-refractivity contribution in [2.75, 3.05) is 21.3 Å². The number of hydrogen-bond acceptors (Lipinski definition) is 6. The van der Waals surface area contributed by atoms with Crippen molar-refractivity contribution < 1.29 is 23.9 Å². The second-order valence-corrected chi connectivity index (χ2v) is 5.41. The van der Waals surface area contributed by atoms with E-state index in [1.807, 2.05) is 0 Å². The third kappa shape index (κ3) is 4.00. The Hall–Kier alpha value is -3.35. The predicted octanol–water partition coefficient (Wildman–Crippen LogP) is 3.83. The summed E-state index contributed by atoms with van der Waals surface area (Å²) in [6.45, 7) is 1.62. The molecule has 0 aliphatic carbocycles. The minimum absolute atomic E-state index is 0.0899. The molecule has 0 radical (unpaired) electrons. The largest absolute Gasteiger partial charge is 0.496 e. The fourth-order valence-corrected chi connectivity index (χ4v) is 2.40. The highest BCUT2D eigenvalue weighted by atomic mass is 16.6. The van der Waals surface area contributed by atoms with Crippen LogP contribution >= 0.6 is 0 Å². The lowest BCUT2D eigenvalue weighted by Crippen LogP contribution is -1.99. The fourth-order valence-electron chi connectivity index (χ4n) is 2.40. The number of nitro benzene ring substituents is 1. The maximum atomic E-state index is 12.4. The van der Waals surface area contributed by atoms with E-state index in [0.29, 0.717) is 28.4 Å². The molecular formula is C19H19NO6. The molecule has 0 unspecified atom stereocenters. The van der Waals surface area contributed by atoms with E-state index in [1.54, 1.807) is 37.3 Å². The van der Waals surface area contributed by atoms with Gasteiger partial charge in [-0.25, -0.2) is 0 Å². The van der Waals surface area contributed by atoms with Crippen LogP contribution in [0.4, 0.5) is 5.69 Å². The Morgan fingerprint density at radius 3 is 2.19 bits per heavy atom. The number of rotatable bonds is 7. The molecule has 7 heteroatoms. The molecular weight excluding hydrogens is 338 g/mol. The van der Waals surface area contributed by atoms with Gasteiger partial charge in [-0.05, 0) is 25.1 Å². The number of nitro groups is 1. The summed E-state index contributed by atoms with van der Waals surface area (Å²) < 4.78 is 15.8. The first kappa shape index (κ1) is 19.0. The molecule has 136 valence electrons. The van der Waals surface area contributed by atoms with Gasteiger partial charge in [0.15, 0.2) is 17.3 Å². The van der Waals surface area contributed by atoms with Crippen LogP contribution in [0, 0.1) is 17.0 Å². The molecule has 0 aromatic heterocycles. The van der Waals surface area contributed by atoms with Crippen molar-refractivity contribution >= 4 is 17.5 Å². The van der Waals surface area contributed by atoms with Crippen LogP contribution < -0.4 is 14.2 Å². The molecule has 0 saturated heterocycles. The van der Waals surface area contributed by atoms with Crippen molar-refractivity contribution in [3.8, 4) is 17.2 Å². The van der Waals surface area contributed by atoms with Crippen molar-refractivity contribution in [3.05, 3.63) is 63.2 Å². The van der Waals surface area contributed by atoms with Crippen LogP contribution in [0.5, 0.6) is 17.2 Å². The monoisotopic (exact) mass is 357 g/mol. The molecule has 26 heavy (non-hydrogen) atoms. The van der Waals surface area contributed by atoms with Crippen LogP contribution in [0.3, 0.4) is 0 Å². The Bertz CT molecular complexity index is 873. The van der Waals surface area contributed by atoms with E-state index in [9.17, 15) is 14.9 Å². The van der Waals surface area contributed by atoms with E-state index in [4.69, 9.17) is 14.2 Å². The van der Waals surface area contributed by atoms with Gasteiger partial charge in [0.05, 0.1) is 26.3 Å². The number of ketones is 1. The Labute approximate surface area is 151 Å². The second kappa shape index (κ2) is 8.15. The lowest BCUT2D eigenvalue weighted by Gasteiger charge is -2.12. The summed E-state index contributed by atoms with van der Waals surface area (Å²) in [6, 6.07) is 7.71. The predicted molar refractivity (Wildman–Crippen MR) is 97.3 cm³/mol. The molecule has 0 heterocycles. The number of benzene rings is 2. The van der Waals surface area contributed by atoms with Gasteiger partial charge < -0.3 is 14.2 Å². The van der Waals surface area contributed by atoms with Gasteiger partial charge in [0, 0.05) is 28.8 Å². The summed E-state index contributed by atoms with van der Waals surface area (Å²) in [7, 11) is 4.53. The number of hydrogen-bond donors (Lipinski definition) is 0. The SMILES string of the molecule is COc1cc(OC)c(OC)cc1/C=C/C(=O)c1ccc(C)c([N+](=O)[O-])c1. The lowest BCUT2D eigenvalue weighted by atomic mass is 10.1. The van der Waals surface area contributed by atoms with Gasteiger partial charge in [-0.15, -0.1) is 0 Å². The minimum Gasteiger partial charge on any atom is -0.496 e. The molecule has 2 rings (SSSR count). The molecule has 0 saturated carbocycles. The molecule has 2 aromatic rings. The Morgan fingerprint density at radius 2 is 1.62 bits per heavy atom. The summed E-state index contributed by atoms with van der Waals surface area (Å²) in [5.74, 6) is 1.14. The Kier molecular flexibility index (Phi) is 5.95. The summed E-state index contributed by atoms with van der Waals surface area (Å²) in [5.41, 5.74) is 1.25. The summed E-state index contributed by atoms with van der Waals surface area (Å²) >= 11 is 0. The molecule has 0 fully saturated rings. The van der Waals surface area contributed by atoms with Gasteiger partial charge in [0.1, 0.15) is 5.75 Å². The van der Waals surface area contributed by atoms with Gasteiger partial charge in [-0.2, -0.15) is 0 Å². The first-order chi connectivity index (χ1) is 12.4. The van der Waals surface area contributed by atoms with Crippen LogP contribution in [0.25, 0.3) is 6.08 Å². The maximum Gasteiger partial charge on any atom is 0.273 e. The standard InChI is InChI=1S/C19H19NO6/c1-12-5-6-13(9-15(12)20(22)23)16(21)8-7-14-10-18(25-3)19(26-4)11-17(14)24-2/h5-11H,1-4H3/b8-7+. The molecule has 0 N–H and O–H groups in total. The van der Waals surface area contributed by atoms with Crippen molar-refractivity contribution in [3.63, 3.8) is 0 Å². The first-order valence-corrected chi connectivity index (χ1v) is 7.68. The Morgan fingerprint density at radius 1 is 1.00 bits per heavy atom. The summed E-state index contributed by atoms with van der Waals surface area (Å²) in [4.78, 5) is 22.9. The number of ether oxygens (including phenoxy) is 3. The van der Waals surface area contributed by atoms with Crippen molar-refractivity contribution in [1.82, 2.24) is 0 Å². The van der Waals surface area contributed by atoms with Crippen molar-refractivity contribution in [1.29, 1.82) is 0 Å². The highest BCUT2D eigenvalue weighted by Gasteiger charge is 2.14. The number of methoxy groups -OCH3 is 3. The number of allylic oxidation sites excluding steroid dienone is 1. The van der Waals surface area contributed by atoms with Gasteiger partial charge >= 0.3 is 0 Å². The van der Waals surface area contributed by atoms with Crippen LogP contribution in [0.15, 0.2) is 36.4 Å². The maximum absolute atomic E-state index is 12.4. The highest BCUT2D eigenvalue weighted by Crippen LogP contribution is 2.35.